The number of rotatable bonds is 5. The maximum absolute atomic E-state index is 9.34. The predicted molar refractivity (Wildman–Crippen MR) is 66.4 cm³/mol. The molecule has 0 bridgehead atoms. The summed E-state index contributed by atoms with van der Waals surface area (Å²) in [5, 5.41) is 16.2. The highest BCUT2D eigenvalue weighted by Gasteiger charge is 2.09. The fraction of sp³-hybridized carbons (Fsp3) is 0.333. The van der Waals surface area contributed by atoms with Crippen LogP contribution in [-0.4, -0.2) is 33.7 Å². The molecule has 1 aromatic heterocycles. The lowest BCUT2D eigenvalue weighted by atomic mass is 10.1. The summed E-state index contributed by atoms with van der Waals surface area (Å²) in [6.07, 6.45) is -0.588. The predicted octanol–water partition coefficient (Wildman–Crippen LogP) is 0.438. The highest BCUT2D eigenvalue weighted by Crippen LogP contribution is 2.15. The second-order valence-electron chi connectivity index (χ2n) is 3.90. The molecule has 0 fully saturated rings. The normalized spacial score (nSPS) is 12.6. The monoisotopic (exact) mass is 248 g/mol. The van der Waals surface area contributed by atoms with Crippen LogP contribution in [0, 0.1) is 0 Å². The number of H-pyrrole nitrogens is 1. The van der Waals surface area contributed by atoms with Gasteiger partial charge in [0.2, 0.25) is 0 Å². The van der Waals surface area contributed by atoms with E-state index >= 15 is 0 Å². The van der Waals surface area contributed by atoms with Gasteiger partial charge in [0.25, 0.3) is 0 Å². The maximum atomic E-state index is 9.34. The average molecular weight is 248 g/mol. The summed E-state index contributed by atoms with van der Waals surface area (Å²) in [5.41, 5.74) is 7.50. The minimum absolute atomic E-state index is 0.282. The summed E-state index contributed by atoms with van der Waals surface area (Å²) in [4.78, 5) is 4.29. The van der Waals surface area contributed by atoms with Crippen molar-refractivity contribution in [3.05, 3.63) is 35.7 Å². The average Bonchev–Trinajstić information content (AvgIpc) is 2.87. The Labute approximate surface area is 105 Å². The summed E-state index contributed by atoms with van der Waals surface area (Å²) in [6, 6.07) is 7.72. The Morgan fingerprint density at radius 3 is 2.72 bits per heavy atom. The van der Waals surface area contributed by atoms with Gasteiger partial charge < -0.3 is 15.6 Å². The van der Waals surface area contributed by atoms with Crippen LogP contribution in [0.3, 0.4) is 0 Å². The molecule has 6 heteroatoms. The van der Waals surface area contributed by atoms with Gasteiger partial charge in [-0.1, -0.05) is 24.3 Å². The van der Waals surface area contributed by atoms with Crippen molar-refractivity contribution in [2.75, 3.05) is 7.11 Å². The first-order valence-electron chi connectivity index (χ1n) is 5.64. The molecule has 0 radical (unpaired) electrons. The largest absolute Gasteiger partial charge is 0.368 e. The zero-order valence-electron chi connectivity index (χ0n) is 10.1. The molecule has 2 rings (SSSR count). The highest BCUT2D eigenvalue weighted by atomic mass is 16.6. The van der Waals surface area contributed by atoms with E-state index in [1.165, 1.54) is 7.11 Å². The van der Waals surface area contributed by atoms with Crippen molar-refractivity contribution >= 4 is 0 Å². The van der Waals surface area contributed by atoms with Crippen molar-refractivity contribution in [2.45, 2.75) is 19.3 Å². The summed E-state index contributed by atoms with van der Waals surface area (Å²) in [5.74, 6) is 1.18. The Hall–Kier alpha value is -1.76. The van der Waals surface area contributed by atoms with Crippen molar-refractivity contribution in [2.24, 2.45) is 5.73 Å². The van der Waals surface area contributed by atoms with E-state index in [0.717, 1.165) is 11.1 Å². The lowest BCUT2D eigenvalue weighted by molar-refractivity contribution is -0.0731. The van der Waals surface area contributed by atoms with Crippen LogP contribution in [0.25, 0.3) is 11.4 Å². The summed E-state index contributed by atoms with van der Waals surface area (Å²) in [6.45, 7) is 0.513. The number of methoxy groups -OCH3 is 1. The van der Waals surface area contributed by atoms with E-state index in [9.17, 15) is 5.11 Å². The van der Waals surface area contributed by atoms with Crippen molar-refractivity contribution in [3.8, 4) is 11.4 Å². The number of aliphatic hydroxyl groups is 1. The van der Waals surface area contributed by atoms with Crippen LogP contribution < -0.4 is 5.73 Å². The number of aromatic nitrogens is 3. The van der Waals surface area contributed by atoms with Crippen molar-refractivity contribution in [1.82, 2.24) is 15.2 Å². The third-order valence-electron chi connectivity index (χ3n) is 2.62. The molecular formula is C12H16N4O2. The summed E-state index contributed by atoms with van der Waals surface area (Å²) in [7, 11) is 1.44. The SMILES string of the molecule is COC(O)Cc1nc(-c2ccc(CN)cc2)n[nH]1. The molecule has 0 amide bonds. The van der Waals surface area contributed by atoms with Gasteiger partial charge in [0.1, 0.15) is 5.82 Å². The first-order valence-corrected chi connectivity index (χ1v) is 5.64. The molecule has 1 aromatic carbocycles. The van der Waals surface area contributed by atoms with E-state index in [1.807, 2.05) is 24.3 Å². The van der Waals surface area contributed by atoms with E-state index < -0.39 is 6.29 Å². The van der Waals surface area contributed by atoms with Gasteiger partial charge in [0.15, 0.2) is 12.1 Å². The van der Waals surface area contributed by atoms with Crippen LogP contribution in [0.15, 0.2) is 24.3 Å². The van der Waals surface area contributed by atoms with Crippen LogP contribution in [0.5, 0.6) is 0 Å². The fourth-order valence-electron chi connectivity index (χ4n) is 1.55. The standard InChI is InChI=1S/C12H16N4O2/c1-18-11(17)6-10-14-12(16-15-10)9-4-2-8(7-13)3-5-9/h2-5,11,17H,6-7,13H2,1H3,(H,14,15,16). The molecular weight excluding hydrogens is 232 g/mol. The molecule has 0 saturated carbocycles. The minimum atomic E-state index is -0.870. The van der Waals surface area contributed by atoms with E-state index in [1.54, 1.807) is 0 Å². The first-order chi connectivity index (χ1) is 8.72. The molecule has 1 atom stereocenters. The molecule has 0 saturated heterocycles. The number of aromatic amines is 1. The van der Waals surface area contributed by atoms with Gasteiger partial charge in [-0.15, -0.1) is 0 Å². The van der Waals surface area contributed by atoms with E-state index in [-0.39, 0.29) is 6.42 Å². The van der Waals surface area contributed by atoms with E-state index in [2.05, 4.69) is 15.2 Å². The first kappa shape index (κ1) is 12.7. The Morgan fingerprint density at radius 1 is 1.39 bits per heavy atom. The van der Waals surface area contributed by atoms with Crippen molar-refractivity contribution < 1.29 is 9.84 Å². The molecule has 1 unspecified atom stereocenters. The molecule has 0 spiro atoms. The molecule has 1 heterocycles. The van der Waals surface area contributed by atoms with Crippen molar-refractivity contribution in [1.29, 1.82) is 0 Å². The van der Waals surface area contributed by atoms with Crippen LogP contribution >= 0.6 is 0 Å². The van der Waals surface area contributed by atoms with Crippen LogP contribution in [-0.2, 0) is 17.7 Å². The Morgan fingerprint density at radius 2 is 2.11 bits per heavy atom. The molecule has 0 aliphatic heterocycles. The molecule has 6 nitrogen and oxygen atoms in total. The second-order valence-corrected chi connectivity index (χ2v) is 3.90. The minimum Gasteiger partial charge on any atom is -0.368 e. The second kappa shape index (κ2) is 5.72. The quantitative estimate of drug-likeness (QED) is 0.667. The van der Waals surface area contributed by atoms with Crippen molar-refractivity contribution in [3.63, 3.8) is 0 Å². The third kappa shape index (κ3) is 2.92. The van der Waals surface area contributed by atoms with Crippen LogP contribution in [0.1, 0.15) is 11.4 Å². The van der Waals surface area contributed by atoms with Gasteiger partial charge in [0, 0.05) is 19.2 Å². The maximum Gasteiger partial charge on any atom is 0.181 e. The Balaban J connectivity index is 2.13. The highest BCUT2D eigenvalue weighted by molar-refractivity contribution is 5.54. The smallest absolute Gasteiger partial charge is 0.181 e. The third-order valence-corrected chi connectivity index (χ3v) is 2.62. The number of nitrogens with zero attached hydrogens (tertiary/aromatic N) is 2. The zero-order valence-corrected chi connectivity index (χ0v) is 10.1. The molecule has 0 aliphatic carbocycles. The topological polar surface area (TPSA) is 97.1 Å². The van der Waals surface area contributed by atoms with E-state index in [4.69, 9.17) is 10.5 Å². The van der Waals surface area contributed by atoms with E-state index in [0.29, 0.717) is 18.2 Å². The van der Waals surface area contributed by atoms with Gasteiger partial charge >= 0.3 is 0 Å². The number of benzene rings is 1. The summed E-state index contributed by atoms with van der Waals surface area (Å²) < 4.78 is 4.75. The molecule has 2 aromatic rings. The fourth-order valence-corrected chi connectivity index (χ4v) is 1.55. The van der Waals surface area contributed by atoms with Crippen LogP contribution in [0.4, 0.5) is 0 Å². The molecule has 0 aliphatic rings. The molecule has 4 N–H and O–H groups in total. The number of hydrogen-bond donors (Lipinski definition) is 3. The van der Waals surface area contributed by atoms with Gasteiger partial charge in [-0.2, -0.15) is 5.10 Å². The number of ether oxygens (including phenoxy) is 1. The van der Waals surface area contributed by atoms with Crippen LogP contribution in [0.2, 0.25) is 0 Å². The number of nitrogens with two attached hydrogens (primary N) is 1. The number of aliphatic hydroxyl groups excluding tert-OH is 1. The van der Waals surface area contributed by atoms with Gasteiger partial charge in [-0.25, -0.2) is 4.98 Å². The number of hydrogen-bond acceptors (Lipinski definition) is 5. The number of nitrogens with one attached hydrogen (secondary N) is 1. The van der Waals surface area contributed by atoms with Gasteiger partial charge in [0.05, 0.1) is 6.42 Å². The zero-order chi connectivity index (χ0) is 13.0. The van der Waals surface area contributed by atoms with Gasteiger partial charge in [-0.05, 0) is 5.56 Å². The molecule has 18 heavy (non-hydrogen) atoms. The molecule has 96 valence electrons. The lowest BCUT2D eigenvalue weighted by Gasteiger charge is -2.04. The summed E-state index contributed by atoms with van der Waals surface area (Å²) >= 11 is 0. The Bertz CT molecular complexity index is 495. The Kier molecular flexibility index (Phi) is 4.03. The lowest BCUT2D eigenvalue weighted by Crippen LogP contribution is -2.13. The van der Waals surface area contributed by atoms with Gasteiger partial charge in [-0.3, -0.25) is 5.10 Å².